The Morgan fingerprint density at radius 2 is 1.16 bits per heavy atom. The van der Waals surface area contributed by atoms with Gasteiger partial charge >= 0.3 is 0 Å². The van der Waals surface area contributed by atoms with Crippen LogP contribution in [0, 0.1) is 0 Å². The van der Waals surface area contributed by atoms with E-state index in [1.807, 2.05) is 55.4 Å². The molecule has 0 radical (unpaired) electrons. The van der Waals surface area contributed by atoms with Gasteiger partial charge in [0.2, 0.25) is 11.8 Å². The van der Waals surface area contributed by atoms with Gasteiger partial charge in [-0.05, 0) is 55.4 Å². The van der Waals surface area contributed by atoms with Crippen molar-refractivity contribution in [2.45, 2.75) is 85.6 Å². The molecule has 2 unspecified atom stereocenters. The van der Waals surface area contributed by atoms with Crippen molar-refractivity contribution in [2.75, 3.05) is 0 Å². The maximum absolute atomic E-state index is 12.1. The highest BCUT2D eigenvalue weighted by atomic mass is 32.2. The van der Waals surface area contributed by atoms with Crippen LogP contribution in [0.4, 0.5) is 0 Å². The summed E-state index contributed by atoms with van der Waals surface area (Å²) in [6.07, 6.45) is 0. The molecule has 1 rings (SSSR count). The fraction of sp³-hybridized carbons (Fsp3) is 0.750. The van der Waals surface area contributed by atoms with Gasteiger partial charge in [-0.25, -0.2) is 0 Å². The Hall–Kier alpha value is -0.800. The summed E-state index contributed by atoms with van der Waals surface area (Å²) in [4.78, 5) is 24.3. The van der Waals surface area contributed by atoms with Crippen LogP contribution in [-0.2, 0) is 9.59 Å². The zero-order valence-corrected chi connectivity index (χ0v) is 18.5. The lowest BCUT2D eigenvalue weighted by Crippen LogP contribution is -2.44. The normalized spacial score (nSPS) is 14.7. The lowest BCUT2D eigenvalue weighted by molar-refractivity contribution is -0.122. The van der Waals surface area contributed by atoms with Crippen molar-refractivity contribution in [1.82, 2.24) is 20.8 Å². The molecule has 0 bridgehead atoms. The number of carbonyl (C=O) groups excluding carboxylic acids is 2. The first kappa shape index (κ1) is 22.2. The summed E-state index contributed by atoms with van der Waals surface area (Å²) >= 11 is 4.16. The Morgan fingerprint density at radius 1 is 0.840 bits per heavy atom. The molecule has 2 amide bonds. The van der Waals surface area contributed by atoms with Crippen LogP contribution < -0.4 is 10.6 Å². The molecule has 142 valence electrons. The van der Waals surface area contributed by atoms with Gasteiger partial charge in [-0.3, -0.25) is 9.59 Å². The fourth-order valence-corrected chi connectivity index (χ4v) is 4.95. The summed E-state index contributed by atoms with van der Waals surface area (Å²) in [5, 5.41) is 13.6. The quantitative estimate of drug-likeness (QED) is 0.708. The molecule has 0 saturated carbocycles. The van der Waals surface area contributed by atoms with Crippen LogP contribution in [-0.4, -0.2) is 43.6 Å². The average molecular weight is 405 g/mol. The zero-order chi connectivity index (χ0) is 19.4. The van der Waals surface area contributed by atoms with Crippen LogP contribution in [0.1, 0.15) is 55.4 Å². The smallest absolute Gasteiger partial charge is 0.233 e. The molecule has 9 heteroatoms. The molecule has 0 aromatic carbocycles. The summed E-state index contributed by atoms with van der Waals surface area (Å²) in [6, 6.07) is 0. The molecule has 2 atom stereocenters. The second-order valence-electron chi connectivity index (χ2n) is 7.83. The van der Waals surface area contributed by atoms with Gasteiger partial charge in [-0.2, -0.15) is 0 Å². The van der Waals surface area contributed by atoms with E-state index in [9.17, 15) is 9.59 Å². The summed E-state index contributed by atoms with van der Waals surface area (Å²) in [5.74, 6) is -0.0559. The van der Waals surface area contributed by atoms with Crippen LogP contribution in [0.25, 0.3) is 0 Å². The van der Waals surface area contributed by atoms with Gasteiger partial charge in [0.1, 0.15) is 0 Å². The minimum absolute atomic E-state index is 0.0279. The first-order chi connectivity index (χ1) is 11.3. The van der Waals surface area contributed by atoms with Gasteiger partial charge in [-0.1, -0.05) is 34.9 Å². The highest BCUT2D eigenvalue weighted by molar-refractivity contribution is 8.04. The zero-order valence-electron chi connectivity index (χ0n) is 16.1. The Bertz CT molecular complexity index is 555. The Kier molecular flexibility index (Phi) is 7.76. The monoisotopic (exact) mass is 404 g/mol. The number of hydrogen-bond acceptors (Lipinski definition) is 7. The van der Waals surface area contributed by atoms with Crippen LogP contribution >= 0.6 is 34.9 Å². The van der Waals surface area contributed by atoms with E-state index in [2.05, 4.69) is 20.8 Å². The van der Waals surface area contributed by atoms with Gasteiger partial charge in [-0.15, -0.1) is 10.2 Å². The number of thioether (sulfide) groups is 2. The van der Waals surface area contributed by atoms with E-state index in [1.165, 1.54) is 34.9 Å². The largest absolute Gasteiger partial charge is 0.351 e. The third-order valence-electron chi connectivity index (χ3n) is 2.68. The van der Waals surface area contributed by atoms with Crippen molar-refractivity contribution < 1.29 is 9.59 Å². The molecule has 25 heavy (non-hydrogen) atoms. The number of rotatable bonds is 6. The lowest BCUT2D eigenvalue weighted by Gasteiger charge is -2.22. The second-order valence-corrected chi connectivity index (χ2v) is 12.0. The number of amides is 2. The number of nitrogens with zero attached hydrogens (tertiary/aromatic N) is 2. The first-order valence-electron chi connectivity index (χ1n) is 8.08. The Balaban J connectivity index is 2.59. The van der Waals surface area contributed by atoms with E-state index in [0.717, 1.165) is 8.68 Å². The van der Waals surface area contributed by atoms with Crippen molar-refractivity contribution in [2.24, 2.45) is 0 Å². The highest BCUT2D eigenvalue weighted by Crippen LogP contribution is 2.33. The summed E-state index contributed by atoms with van der Waals surface area (Å²) in [6.45, 7) is 15.4. The molecule has 0 aliphatic heterocycles. The third-order valence-corrected chi connectivity index (χ3v) is 5.97. The molecule has 1 aromatic heterocycles. The van der Waals surface area contributed by atoms with E-state index in [1.54, 1.807) is 0 Å². The van der Waals surface area contributed by atoms with E-state index < -0.39 is 0 Å². The van der Waals surface area contributed by atoms with Crippen molar-refractivity contribution in [3.63, 3.8) is 0 Å². The van der Waals surface area contributed by atoms with E-state index in [-0.39, 0.29) is 33.4 Å². The lowest BCUT2D eigenvalue weighted by atomic mass is 10.1. The molecule has 0 fully saturated rings. The Labute approximate surface area is 162 Å². The molecule has 0 aliphatic rings. The number of hydrogen-bond donors (Lipinski definition) is 2. The molecule has 1 aromatic rings. The van der Waals surface area contributed by atoms with E-state index in [0.29, 0.717) is 0 Å². The van der Waals surface area contributed by atoms with Crippen molar-refractivity contribution >= 4 is 46.7 Å². The molecule has 2 N–H and O–H groups in total. The second kappa shape index (κ2) is 8.73. The standard InChI is InChI=1S/C16H28N4O2S3/c1-9(11(21)17-15(3,4)5)23-13-19-20-14(25-13)24-10(2)12(22)18-16(6,7)8/h9-10H,1-8H3,(H,17,21)(H,18,22). The number of aromatic nitrogens is 2. The van der Waals surface area contributed by atoms with Gasteiger partial charge < -0.3 is 10.6 Å². The topological polar surface area (TPSA) is 84.0 Å². The first-order valence-corrected chi connectivity index (χ1v) is 10.7. The average Bonchev–Trinajstić information content (AvgIpc) is 2.81. The SMILES string of the molecule is CC(Sc1nnc(SC(C)C(=O)NC(C)(C)C)s1)C(=O)NC(C)(C)C. The van der Waals surface area contributed by atoms with E-state index >= 15 is 0 Å². The molecular formula is C16H28N4O2S3. The predicted octanol–water partition coefficient (Wildman–Crippen LogP) is 3.33. The van der Waals surface area contributed by atoms with Crippen molar-refractivity contribution in [1.29, 1.82) is 0 Å². The minimum Gasteiger partial charge on any atom is -0.351 e. The van der Waals surface area contributed by atoms with Crippen molar-refractivity contribution in [3.05, 3.63) is 0 Å². The summed E-state index contributed by atoms with van der Waals surface area (Å²) in [7, 11) is 0. The van der Waals surface area contributed by atoms with Crippen LogP contribution in [0.2, 0.25) is 0 Å². The van der Waals surface area contributed by atoms with Gasteiger partial charge in [0.15, 0.2) is 8.68 Å². The van der Waals surface area contributed by atoms with Crippen LogP contribution in [0.3, 0.4) is 0 Å². The van der Waals surface area contributed by atoms with Gasteiger partial charge in [0, 0.05) is 11.1 Å². The summed E-state index contributed by atoms with van der Waals surface area (Å²) in [5.41, 5.74) is -0.520. The number of carbonyl (C=O) groups is 2. The molecule has 0 spiro atoms. The highest BCUT2D eigenvalue weighted by Gasteiger charge is 2.24. The Morgan fingerprint density at radius 3 is 1.44 bits per heavy atom. The number of nitrogens with one attached hydrogen (secondary N) is 2. The molecule has 0 saturated heterocycles. The van der Waals surface area contributed by atoms with Crippen molar-refractivity contribution in [3.8, 4) is 0 Å². The van der Waals surface area contributed by atoms with Gasteiger partial charge in [0.25, 0.3) is 0 Å². The summed E-state index contributed by atoms with van der Waals surface area (Å²) < 4.78 is 1.45. The van der Waals surface area contributed by atoms with Crippen LogP contribution in [0.15, 0.2) is 8.68 Å². The molecular weight excluding hydrogens is 376 g/mol. The fourth-order valence-electron chi connectivity index (χ4n) is 1.64. The maximum Gasteiger partial charge on any atom is 0.233 e. The van der Waals surface area contributed by atoms with E-state index in [4.69, 9.17) is 0 Å². The third kappa shape index (κ3) is 8.91. The molecule has 6 nitrogen and oxygen atoms in total. The molecule has 0 aliphatic carbocycles. The van der Waals surface area contributed by atoms with Crippen LogP contribution in [0.5, 0.6) is 0 Å². The van der Waals surface area contributed by atoms with Gasteiger partial charge in [0.05, 0.1) is 10.5 Å². The predicted molar refractivity (Wildman–Crippen MR) is 106 cm³/mol. The molecule has 1 heterocycles. The maximum atomic E-state index is 12.1. The minimum atomic E-state index is -0.260.